The van der Waals surface area contributed by atoms with E-state index in [-0.39, 0.29) is 16.1 Å². The van der Waals surface area contributed by atoms with Crippen LogP contribution in [0.4, 0.5) is 51.3 Å². The first-order valence-electron chi connectivity index (χ1n) is 13.1. The van der Waals surface area contributed by atoms with E-state index >= 15 is 0 Å². The van der Waals surface area contributed by atoms with E-state index in [0.29, 0.717) is 31.3 Å². The van der Waals surface area contributed by atoms with E-state index in [1.165, 1.54) is 0 Å². The van der Waals surface area contributed by atoms with Crippen LogP contribution in [0.5, 0.6) is 11.6 Å². The minimum absolute atomic E-state index is 0.0751. The number of benzene rings is 1. The van der Waals surface area contributed by atoms with Crippen molar-refractivity contribution in [3.63, 3.8) is 0 Å². The molecule has 0 fully saturated rings. The molecule has 0 saturated heterocycles. The second-order valence-corrected chi connectivity index (χ2v) is 12.4. The molecule has 264 valence electrons. The number of sulfonamides is 1. The van der Waals surface area contributed by atoms with Crippen molar-refractivity contribution in [2.45, 2.75) is 61.8 Å². The van der Waals surface area contributed by atoms with Gasteiger partial charge in [0, 0.05) is 5.69 Å². The second-order valence-electron chi connectivity index (χ2n) is 10.5. The largest absolute Gasteiger partial charge is 0.484 e. The third kappa shape index (κ3) is 8.06. The van der Waals surface area contributed by atoms with Gasteiger partial charge in [0.1, 0.15) is 18.5 Å². The molecule has 0 bridgehead atoms. The highest BCUT2D eigenvalue weighted by Gasteiger charge is 2.54. The lowest BCUT2D eigenvalue weighted by atomic mass is 10.0. The molecule has 23 heteroatoms. The molecule has 0 radical (unpaired) electrons. The average Bonchev–Trinajstić information content (AvgIpc) is 3.38. The van der Waals surface area contributed by atoms with Crippen molar-refractivity contribution in [3.8, 4) is 11.6 Å². The Hall–Kier alpha value is -4.12. The quantitative estimate of drug-likeness (QED) is 0.253. The normalized spacial score (nSPS) is 17.0. The van der Waals surface area contributed by atoms with Gasteiger partial charge in [0.25, 0.3) is 15.9 Å². The van der Waals surface area contributed by atoms with Gasteiger partial charge in [-0.15, -0.1) is 5.10 Å². The van der Waals surface area contributed by atoms with Gasteiger partial charge in [-0.25, -0.2) is 17.9 Å². The zero-order valence-electron chi connectivity index (χ0n) is 24.4. The lowest BCUT2D eigenvalue weighted by Crippen LogP contribution is -2.62. The standard InChI is InChI=1S/C24H28F8N6O8S/c1-21(2,23(27,28)29)46-20(41)35-12-4-5-15-14(8-12)38(10-13(45-15)9-34-18(40)22(3,33)24(30,31)32)47(42,43)16-11-37(19(25)26)36-17(16)44-7-6-39/h4-5,8,11,13,19,39H,6-7,9-10,33H2,1-3H3,(H,34,40)(H,35,41). The Labute approximate surface area is 260 Å². The van der Waals surface area contributed by atoms with E-state index in [9.17, 15) is 53.1 Å². The van der Waals surface area contributed by atoms with Crippen LogP contribution in [0.15, 0.2) is 29.3 Å². The number of anilines is 2. The number of aliphatic hydroxyl groups excluding tert-OH is 1. The van der Waals surface area contributed by atoms with Crippen molar-refractivity contribution < 1.29 is 72.4 Å². The molecule has 47 heavy (non-hydrogen) atoms. The van der Waals surface area contributed by atoms with Gasteiger partial charge in [0.2, 0.25) is 11.5 Å². The number of amides is 2. The molecular formula is C24H28F8N6O8S. The highest BCUT2D eigenvalue weighted by molar-refractivity contribution is 7.93. The first-order valence-corrected chi connectivity index (χ1v) is 14.5. The Morgan fingerprint density at radius 3 is 2.34 bits per heavy atom. The number of ether oxygens (including phenoxy) is 3. The summed E-state index contributed by atoms with van der Waals surface area (Å²) in [5, 5.41) is 16.3. The molecule has 1 aliphatic rings. The molecule has 2 atom stereocenters. The van der Waals surface area contributed by atoms with Gasteiger partial charge in [0.15, 0.2) is 10.4 Å². The molecule has 2 unspecified atom stereocenters. The summed E-state index contributed by atoms with van der Waals surface area (Å²) in [6, 6.07) is 2.96. The molecule has 0 spiro atoms. The Kier molecular flexibility index (Phi) is 10.5. The van der Waals surface area contributed by atoms with Crippen LogP contribution in [0.1, 0.15) is 27.3 Å². The van der Waals surface area contributed by atoms with E-state index in [1.54, 1.807) is 0 Å². The number of aromatic nitrogens is 2. The van der Waals surface area contributed by atoms with Gasteiger partial charge < -0.3 is 30.4 Å². The zero-order chi connectivity index (χ0) is 35.8. The number of halogens is 8. The average molecular weight is 713 g/mol. The van der Waals surface area contributed by atoms with Crippen molar-refractivity contribution >= 4 is 33.4 Å². The molecule has 14 nitrogen and oxygen atoms in total. The molecule has 1 aromatic carbocycles. The van der Waals surface area contributed by atoms with E-state index < -0.39 is 101 Å². The van der Waals surface area contributed by atoms with Gasteiger partial charge in [-0.05, 0) is 39.0 Å². The summed E-state index contributed by atoms with van der Waals surface area (Å²) in [6.07, 6.45) is -12.8. The maximum absolute atomic E-state index is 13.9. The Balaban J connectivity index is 2.04. The number of nitrogens with two attached hydrogens (primary N) is 1. The van der Waals surface area contributed by atoms with Crippen LogP contribution < -0.4 is 30.1 Å². The van der Waals surface area contributed by atoms with Crippen LogP contribution in [0.3, 0.4) is 0 Å². The van der Waals surface area contributed by atoms with Crippen LogP contribution in [-0.4, -0.2) is 91.2 Å². The molecule has 1 aromatic heterocycles. The Bertz CT molecular complexity index is 1580. The molecule has 0 aliphatic carbocycles. The summed E-state index contributed by atoms with van der Waals surface area (Å²) in [5.41, 5.74) is -1.98. The van der Waals surface area contributed by atoms with E-state index in [4.69, 9.17) is 20.3 Å². The number of carbonyl (C=O) groups is 2. The predicted molar refractivity (Wildman–Crippen MR) is 143 cm³/mol. The first-order chi connectivity index (χ1) is 21.4. The minimum Gasteiger partial charge on any atom is -0.484 e. The van der Waals surface area contributed by atoms with Crippen molar-refractivity contribution in [1.82, 2.24) is 15.1 Å². The maximum atomic E-state index is 13.9. The van der Waals surface area contributed by atoms with Crippen LogP contribution in [0.25, 0.3) is 0 Å². The summed E-state index contributed by atoms with van der Waals surface area (Å²) >= 11 is 0. The fourth-order valence-corrected chi connectivity index (χ4v) is 5.24. The maximum Gasteiger partial charge on any atom is 0.427 e. The molecule has 2 amide bonds. The summed E-state index contributed by atoms with van der Waals surface area (Å²) in [7, 11) is -5.05. The minimum atomic E-state index is -5.18. The molecule has 2 heterocycles. The second kappa shape index (κ2) is 13.2. The predicted octanol–water partition coefficient (Wildman–Crippen LogP) is 2.89. The molecule has 1 aliphatic heterocycles. The fraction of sp³-hybridized carbons (Fsp3) is 0.542. The number of hydrogen-bond donors (Lipinski definition) is 4. The number of hydrogen-bond acceptors (Lipinski definition) is 10. The first kappa shape index (κ1) is 37.3. The summed E-state index contributed by atoms with van der Waals surface area (Å²) in [4.78, 5) is 23.5. The number of aliphatic hydroxyl groups is 1. The fourth-order valence-electron chi connectivity index (χ4n) is 3.67. The third-order valence-electron chi connectivity index (χ3n) is 6.48. The van der Waals surface area contributed by atoms with Crippen molar-refractivity contribution in [3.05, 3.63) is 24.4 Å². The van der Waals surface area contributed by atoms with Gasteiger partial charge in [-0.3, -0.25) is 14.4 Å². The number of nitrogens with zero attached hydrogens (tertiary/aromatic N) is 3. The smallest absolute Gasteiger partial charge is 0.427 e. The number of fused-ring (bicyclic) bond motifs is 1. The van der Waals surface area contributed by atoms with E-state index in [0.717, 1.165) is 18.2 Å². The number of alkyl halides is 8. The topological polar surface area (TPSA) is 187 Å². The lowest BCUT2D eigenvalue weighted by molar-refractivity contribution is -0.242. The highest BCUT2D eigenvalue weighted by atomic mass is 32.2. The SMILES string of the molecule is CC(C)(OC(=O)Nc1ccc2c(c1)N(S(=O)(=O)c1cn(C(F)F)nc1OCCO)CC(CNC(=O)C(C)(N)C(F)(F)F)O2)C(F)(F)F. The van der Waals surface area contributed by atoms with Crippen molar-refractivity contribution in [2.24, 2.45) is 5.73 Å². The van der Waals surface area contributed by atoms with Crippen molar-refractivity contribution in [1.29, 1.82) is 0 Å². The van der Waals surface area contributed by atoms with Crippen molar-refractivity contribution in [2.75, 3.05) is 35.9 Å². The van der Waals surface area contributed by atoms with Gasteiger partial charge in [-0.1, -0.05) is 0 Å². The molecule has 0 saturated carbocycles. The van der Waals surface area contributed by atoms with Gasteiger partial charge >= 0.3 is 25.0 Å². The molecule has 2 aromatic rings. The highest BCUT2D eigenvalue weighted by Crippen LogP contribution is 2.41. The third-order valence-corrected chi connectivity index (χ3v) is 8.25. The molecular weight excluding hydrogens is 684 g/mol. The summed E-state index contributed by atoms with van der Waals surface area (Å²) in [5.74, 6) is -2.93. The van der Waals surface area contributed by atoms with Crippen LogP contribution in [0.2, 0.25) is 0 Å². The summed E-state index contributed by atoms with van der Waals surface area (Å²) in [6.45, 7) is -4.70. The monoisotopic (exact) mass is 712 g/mol. The van der Waals surface area contributed by atoms with Crippen LogP contribution in [-0.2, 0) is 19.6 Å². The summed E-state index contributed by atoms with van der Waals surface area (Å²) < 4.78 is 149. The van der Waals surface area contributed by atoms with E-state index in [2.05, 4.69) is 9.84 Å². The van der Waals surface area contributed by atoms with Gasteiger partial charge in [0.05, 0.1) is 31.6 Å². The van der Waals surface area contributed by atoms with Gasteiger partial charge in [-0.2, -0.15) is 35.1 Å². The Morgan fingerprint density at radius 1 is 1.15 bits per heavy atom. The number of carbonyl (C=O) groups excluding carboxylic acids is 2. The van der Waals surface area contributed by atoms with E-state index in [1.807, 2.05) is 10.6 Å². The van der Waals surface area contributed by atoms with Crippen LogP contribution in [0, 0.1) is 0 Å². The number of nitrogens with one attached hydrogen (secondary N) is 2. The number of rotatable bonds is 11. The Morgan fingerprint density at radius 2 is 1.79 bits per heavy atom. The molecule has 5 N–H and O–H groups in total. The molecule has 3 rings (SSSR count). The van der Waals surface area contributed by atoms with Crippen LogP contribution >= 0.6 is 0 Å². The lowest BCUT2D eigenvalue weighted by Gasteiger charge is -2.36. The zero-order valence-corrected chi connectivity index (χ0v) is 25.3.